The number of carboxylic acid groups (broad SMARTS) is 1. The first-order chi connectivity index (χ1) is 13.5. The lowest BCUT2D eigenvalue weighted by Gasteiger charge is -2.10. The van der Waals surface area contributed by atoms with Crippen LogP contribution in [0.25, 0.3) is 0 Å². The number of ether oxygens (including phenoxy) is 1. The van der Waals surface area contributed by atoms with Crippen molar-refractivity contribution < 1.29 is 23.8 Å². The first kappa shape index (κ1) is 18.6. The number of nitrogens with one attached hydrogen (secondary N) is 1. The lowest BCUT2D eigenvalue weighted by molar-refractivity contribution is 0.0698. The highest BCUT2D eigenvalue weighted by molar-refractivity contribution is 6.08. The molecule has 3 aromatic rings. The molecule has 28 heavy (non-hydrogen) atoms. The van der Waals surface area contributed by atoms with Gasteiger partial charge in [0.1, 0.15) is 17.3 Å². The number of benzene rings is 3. The van der Waals surface area contributed by atoms with Crippen LogP contribution < -0.4 is 10.1 Å². The quantitative estimate of drug-likeness (QED) is 0.686. The summed E-state index contributed by atoms with van der Waals surface area (Å²) in [4.78, 5) is 23.9. The van der Waals surface area contributed by atoms with Gasteiger partial charge in [-0.3, -0.25) is 4.79 Å². The smallest absolute Gasteiger partial charge is 0.337 e. The molecule has 138 valence electrons. The van der Waals surface area contributed by atoms with Crippen LogP contribution in [-0.2, 0) is 0 Å². The van der Waals surface area contributed by atoms with Crippen molar-refractivity contribution >= 4 is 17.6 Å². The van der Waals surface area contributed by atoms with Crippen LogP contribution in [0.2, 0.25) is 0 Å². The van der Waals surface area contributed by atoms with Gasteiger partial charge in [0, 0.05) is 11.6 Å². The monoisotopic (exact) mass is 376 g/mol. The Morgan fingerprint density at radius 1 is 1.00 bits per heavy atom. The van der Waals surface area contributed by atoms with Gasteiger partial charge in [0.15, 0.2) is 0 Å². The molecule has 0 fully saturated rings. The van der Waals surface area contributed by atoms with E-state index in [1.165, 1.54) is 48.5 Å². The maximum atomic E-state index is 13.3. The molecule has 0 aliphatic carbocycles. The fraction of sp³-hybridized carbons (Fsp3) is 0. The van der Waals surface area contributed by atoms with Crippen LogP contribution in [0.1, 0.15) is 26.3 Å². The molecule has 1 amide bonds. The molecule has 0 heterocycles. The van der Waals surface area contributed by atoms with Gasteiger partial charge in [0.2, 0.25) is 0 Å². The molecular formula is C21H13FN2O4. The van der Waals surface area contributed by atoms with Crippen molar-refractivity contribution in [2.45, 2.75) is 0 Å². The van der Waals surface area contributed by atoms with Gasteiger partial charge in [-0.2, -0.15) is 5.26 Å². The second kappa shape index (κ2) is 8.01. The number of rotatable bonds is 5. The maximum absolute atomic E-state index is 13.3. The first-order valence-corrected chi connectivity index (χ1v) is 8.08. The van der Waals surface area contributed by atoms with Gasteiger partial charge in [-0.05, 0) is 48.5 Å². The minimum atomic E-state index is -1.27. The molecule has 0 atom stereocenters. The Balaban J connectivity index is 1.82. The Morgan fingerprint density at radius 3 is 2.39 bits per heavy atom. The number of carbonyl (C=O) groups excluding carboxylic acids is 1. The summed E-state index contributed by atoms with van der Waals surface area (Å²) < 4.78 is 18.8. The lowest BCUT2D eigenvalue weighted by atomic mass is 10.1. The third kappa shape index (κ3) is 4.31. The van der Waals surface area contributed by atoms with E-state index in [1.54, 1.807) is 18.2 Å². The van der Waals surface area contributed by atoms with Gasteiger partial charge < -0.3 is 15.2 Å². The van der Waals surface area contributed by atoms with Crippen molar-refractivity contribution in [2.24, 2.45) is 0 Å². The van der Waals surface area contributed by atoms with E-state index in [9.17, 15) is 19.1 Å². The van der Waals surface area contributed by atoms with Crippen LogP contribution in [-0.4, -0.2) is 17.0 Å². The number of aromatic carboxylic acids is 1. The zero-order chi connectivity index (χ0) is 20.1. The molecule has 2 N–H and O–H groups in total. The highest BCUT2D eigenvalue weighted by atomic mass is 19.1. The number of carboxylic acids is 1. The molecule has 0 bridgehead atoms. The number of nitriles is 1. The highest BCUT2D eigenvalue weighted by Gasteiger charge is 2.15. The van der Waals surface area contributed by atoms with Crippen molar-refractivity contribution in [3.05, 3.63) is 89.2 Å². The average molecular weight is 376 g/mol. The van der Waals surface area contributed by atoms with Crippen molar-refractivity contribution in [1.29, 1.82) is 5.26 Å². The van der Waals surface area contributed by atoms with Gasteiger partial charge in [-0.1, -0.05) is 12.1 Å². The van der Waals surface area contributed by atoms with Crippen molar-refractivity contribution in [3.63, 3.8) is 0 Å². The van der Waals surface area contributed by atoms with Crippen molar-refractivity contribution in [3.8, 4) is 17.6 Å². The predicted octanol–water partition coefficient (Wildman–Crippen LogP) is 4.44. The average Bonchev–Trinajstić information content (AvgIpc) is 2.68. The normalized spacial score (nSPS) is 10.0. The summed E-state index contributed by atoms with van der Waals surface area (Å²) in [6.45, 7) is 0. The standard InChI is InChI=1S/C21H13FN2O4/c22-15-4-2-6-17(11-15)28-16-5-1-3-14(10-16)20(25)24-19-8-7-13(12-23)9-18(19)21(26)27/h1-11H,(H,24,25)(H,26,27). The topological polar surface area (TPSA) is 99.4 Å². The molecule has 0 saturated heterocycles. The maximum Gasteiger partial charge on any atom is 0.337 e. The summed E-state index contributed by atoms with van der Waals surface area (Å²) >= 11 is 0. The second-order valence-corrected chi connectivity index (χ2v) is 5.72. The number of halogens is 1. The third-order valence-electron chi connectivity index (χ3n) is 3.76. The molecule has 3 rings (SSSR count). The van der Waals surface area contributed by atoms with E-state index in [0.29, 0.717) is 5.75 Å². The Labute approximate surface area is 159 Å². The van der Waals surface area contributed by atoms with E-state index < -0.39 is 17.7 Å². The summed E-state index contributed by atoms with van der Waals surface area (Å²) in [5.41, 5.74) is 0.253. The summed E-state index contributed by atoms with van der Waals surface area (Å²) in [6.07, 6.45) is 0. The number of carbonyl (C=O) groups is 2. The van der Waals surface area contributed by atoms with E-state index in [2.05, 4.69) is 5.32 Å². The molecule has 6 nitrogen and oxygen atoms in total. The number of hydrogen-bond donors (Lipinski definition) is 2. The molecule has 0 unspecified atom stereocenters. The fourth-order valence-electron chi connectivity index (χ4n) is 2.46. The zero-order valence-corrected chi connectivity index (χ0v) is 14.3. The van der Waals surface area contributed by atoms with Crippen LogP contribution in [0.3, 0.4) is 0 Å². The molecule has 0 radical (unpaired) electrons. The van der Waals surface area contributed by atoms with Crippen molar-refractivity contribution in [2.75, 3.05) is 5.32 Å². The van der Waals surface area contributed by atoms with E-state index in [4.69, 9.17) is 10.00 Å². The van der Waals surface area contributed by atoms with Gasteiger partial charge in [-0.25, -0.2) is 9.18 Å². The summed E-state index contributed by atoms with van der Waals surface area (Å²) in [5.74, 6) is -1.68. The molecule has 0 aliphatic rings. The number of anilines is 1. The lowest BCUT2D eigenvalue weighted by Crippen LogP contribution is -2.15. The van der Waals surface area contributed by atoms with E-state index in [1.807, 2.05) is 6.07 Å². The Morgan fingerprint density at radius 2 is 1.71 bits per heavy atom. The minimum Gasteiger partial charge on any atom is -0.478 e. The Bertz CT molecular complexity index is 1110. The number of hydrogen-bond acceptors (Lipinski definition) is 4. The van der Waals surface area contributed by atoms with Crippen LogP contribution >= 0.6 is 0 Å². The summed E-state index contributed by atoms with van der Waals surface area (Å²) in [6, 6.07) is 17.5. The first-order valence-electron chi connectivity index (χ1n) is 8.08. The SMILES string of the molecule is N#Cc1ccc(NC(=O)c2cccc(Oc3cccc(F)c3)c2)c(C(=O)O)c1. The van der Waals surface area contributed by atoms with E-state index in [0.717, 1.165) is 0 Å². The zero-order valence-electron chi connectivity index (χ0n) is 14.3. The van der Waals surface area contributed by atoms with Crippen LogP contribution in [0.4, 0.5) is 10.1 Å². The van der Waals surface area contributed by atoms with Gasteiger partial charge >= 0.3 is 5.97 Å². The highest BCUT2D eigenvalue weighted by Crippen LogP contribution is 2.24. The molecule has 0 aliphatic heterocycles. The van der Waals surface area contributed by atoms with Gasteiger partial charge in [-0.15, -0.1) is 0 Å². The van der Waals surface area contributed by atoms with E-state index in [-0.39, 0.29) is 28.1 Å². The van der Waals surface area contributed by atoms with Gasteiger partial charge in [0.25, 0.3) is 5.91 Å². The van der Waals surface area contributed by atoms with Crippen molar-refractivity contribution in [1.82, 2.24) is 0 Å². The summed E-state index contributed by atoms with van der Waals surface area (Å²) in [5, 5.41) is 20.7. The van der Waals surface area contributed by atoms with E-state index >= 15 is 0 Å². The van der Waals surface area contributed by atoms with Crippen LogP contribution in [0, 0.1) is 17.1 Å². The largest absolute Gasteiger partial charge is 0.478 e. The van der Waals surface area contributed by atoms with Crippen LogP contribution in [0.5, 0.6) is 11.5 Å². The minimum absolute atomic E-state index is 0.0629. The number of nitrogens with zero attached hydrogens (tertiary/aromatic N) is 1. The predicted molar refractivity (Wildman–Crippen MR) is 99.0 cm³/mol. The van der Waals surface area contributed by atoms with Crippen LogP contribution in [0.15, 0.2) is 66.7 Å². The molecule has 7 heteroatoms. The Kier molecular flexibility index (Phi) is 5.33. The molecule has 0 aromatic heterocycles. The van der Waals surface area contributed by atoms with Gasteiger partial charge in [0.05, 0.1) is 22.9 Å². The molecule has 0 saturated carbocycles. The fourth-order valence-corrected chi connectivity index (χ4v) is 2.46. The third-order valence-corrected chi connectivity index (χ3v) is 3.76. The number of amides is 1. The summed E-state index contributed by atoms with van der Waals surface area (Å²) in [7, 11) is 0. The molecule has 3 aromatic carbocycles. The molecular weight excluding hydrogens is 363 g/mol. The Hall–Kier alpha value is -4.18. The second-order valence-electron chi connectivity index (χ2n) is 5.72. The molecule has 0 spiro atoms.